The van der Waals surface area contributed by atoms with E-state index in [1.54, 1.807) is 0 Å². The molecule has 0 aliphatic heterocycles. The molecule has 0 saturated carbocycles. The van der Waals surface area contributed by atoms with Crippen molar-refractivity contribution in [2.45, 2.75) is 32.6 Å². The maximum absolute atomic E-state index is 3.69. The second-order valence-corrected chi connectivity index (χ2v) is 4.07. The van der Waals surface area contributed by atoms with Crippen molar-refractivity contribution in [3.05, 3.63) is 34.4 Å². The highest BCUT2D eigenvalue weighted by molar-refractivity contribution is 9.12. The van der Waals surface area contributed by atoms with Gasteiger partial charge in [-0.1, -0.05) is 34.2 Å². The minimum atomic E-state index is 1.22. The molecule has 1 rings (SSSR count). The molecule has 0 bridgehead atoms. The molecule has 12 heavy (non-hydrogen) atoms. The Morgan fingerprint density at radius 1 is 1.42 bits per heavy atom. The van der Waals surface area contributed by atoms with Crippen LogP contribution in [0.15, 0.2) is 34.4 Å². The van der Waals surface area contributed by atoms with Gasteiger partial charge in [-0.2, -0.15) is 0 Å². The highest BCUT2D eigenvalue weighted by Gasteiger charge is 2.10. The Balaban J connectivity index is 2.84. The number of hydrogen-bond donors (Lipinski definition) is 0. The van der Waals surface area contributed by atoms with Crippen molar-refractivity contribution in [2.24, 2.45) is 0 Å². The van der Waals surface area contributed by atoms with Crippen LogP contribution in [0, 0.1) is 0 Å². The SMILES string of the molecule is C=C/C=C(/Br)C1=C(C)CCCC1. The molecule has 0 aromatic heterocycles. The van der Waals surface area contributed by atoms with Crippen molar-refractivity contribution < 1.29 is 0 Å². The van der Waals surface area contributed by atoms with Gasteiger partial charge in [0.2, 0.25) is 0 Å². The quantitative estimate of drug-likeness (QED) is 0.615. The summed E-state index contributed by atoms with van der Waals surface area (Å²) in [5, 5.41) is 0. The van der Waals surface area contributed by atoms with Gasteiger partial charge < -0.3 is 0 Å². The fourth-order valence-corrected chi connectivity index (χ4v) is 2.31. The third-order valence-electron chi connectivity index (χ3n) is 2.30. The summed E-state index contributed by atoms with van der Waals surface area (Å²) in [6.07, 6.45) is 9.02. The summed E-state index contributed by atoms with van der Waals surface area (Å²) in [4.78, 5) is 0. The third kappa shape index (κ3) is 2.34. The number of rotatable bonds is 2. The van der Waals surface area contributed by atoms with E-state index in [4.69, 9.17) is 0 Å². The lowest BCUT2D eigenvalue weighted by Gasteiger charge is -2.16. The van der Waals surface area contributed by atoms with E-state index in [-0.39, 0.29) is 0 Å². The standard InChI is InChI=1S/C11H15Br/c1-3-6-11(12)10-8-5-4-7-9(10)2/h3,6H,1,4-5,7-8H2,2H3/b11-6+. The van der Waals surface area contributed by atoms with E-state index in [1.807, 2.05) is 12.2 Å². The summed E-state index contributed by atoms with van der Waals surface area (Å²) in [7, 11) is 0. The van der Waals surface area contributed by atoms with Gasteiger partial charge in [0.05, 0.1) is 0 Å². The van der Waals surface area contributed by atoms with E-state index in [0.717, 1.165) is 0 Å². The molecule has 0 nitrogen and oxygen atoms in total. The minimum absolute atomic E-state index is 1.22. The van der Waals surface area contributed by atoms with Crippen molar-refractivity contribution in [3.63, 3.8) is 0 Å². The molecule has 1 aliphatic rings. The summed E-state index contributed by atoms with van der Waals surface area (Å²) in [6.45, 7) is 5.92. The predicted molar refractivity (Wildman–Crippen MR) is 58.4 cm³/mol. The van der Waals surface area contributed by atoms with Gasteiger partial charge in [-0.25, -0.2) is 0 Å². The second kappa shape index (κ2) is 4.66. The molecule has 0 saturated heterocycles. The van der Waals surface area contributed by atoms with Crippen LogP contribution in [-0.4, -0.2) is 0 Å². The van der Waals surface area contributed by atoms with Crippen LogP contribution < -0.4 is 0 Å². The van der Waals surface area contributed by atoms with Gasteiger partial charge in [0.1, 0.15) is 0 Å². The van der Waals surface area contributed by atoms with Gasteiger partial charge in [0.15, 0.2) is 0 Å². The predicted octanol–water partition coefficient (Wildman–Crippen LogP) is 4.34. The first-order chi connectivity index (χ1) is 5.75. The van der Waals surface area contributed by atoms with Crippen molar-refractivity contribution in [2.75, 3.05) is 0 Å². The summed E-state index contributed by atoms with van der Waals surface area (Å²) in [5.74, 6) is 0. The maximum atomic E-state index is 3.69. The summed E-state index contributed by atoms with van der Waals surface area (Å²) in [6, 6.07) is 0. The number of allylic oxidation sites excluding steroid dienone is 5. The van der Waals surface area contributed by atoms with E-state index >= 15 is 0 Å². The largest absolute Gasteiger partial charge is 0.0990 e. The molecule has 0 spiro atoms. The molecule has 66 valence electrons. The zero-order chi connectivity index (χ0) is 8.97. The molecular weight excluding hydrogens is 212 g/mol. The first kappa shape index (κ1) is 9.79. The van der Waals surface area contributed by atoms with E-state index in [2.05, 4.69) is 29.4 Å². The van der Waals surface area contributed by atoms with Crippen molar-refractivity contribution in [1.29, 1.82) is 0 Å². The fourth-order valence-electron chi connectivity index (χ4n) is 1.58. The van der Waals surface area contributed by atoms with Crippen molar-refractivity contribution >= 4 is 15.9 Å². The lowest BCUT2D eigenvalue weighted by atomic mass is 9.92. The number of hydrogen-bond acceptors (Lipinski definition) is 0. The van der Waals surface area contributed by atoms with E-state index in [9.17, 15) is 0 Å². The van der Waals surface area contributed by atoms with Crippen LogP contribution in [0.4, 0.5) is 0 Å². The Morgan fingerprint density at radius 3 is 2.67 bits per heavy atom. The molecule has 0 fully saturated rings. The average molecular weight is 227 g/mol. The van der Waals surface area contributed by atoms with E-state index in [1.165, 1.54) is 41.3 Å². The second-order valence-electron chi connectivity index (χ2n) is 3.22. The Morgan fingerprint density at radius 2 is 2.08 bits per heavy atom. The molecule has 0 atom stereocenters. The Bertz CT molecular complexity index is 228. The molecular formula is C11H15Br. The molecule has 1 aliphatic carbocycles. The van der Waals surface area contributed by atoms with E-state index < -0.39 is 0 Å². The van der Waals surface area contributed by atoms with Crippen LogP contribution in [-0.2, 0) is 0 Å². The molecule has 0 aromatic carbocycles. The summed E-state index contributed by atoms with van der Waals surface area (Å²) >= 11 is 3.57. The van der Waals surface area contributed by atoms with Gasteiger partial charge in [-0.05, 0) is 44.3 Å². The smallest absolute Gasteiger partial charge is 0.0206 e. The molecule has 0 N–H and O–H groups in total. The lowest BCUT2D eigenvalue weighted by molar-refractivity contribution is 0.682. The van der Waals surface area contributed by atoms with Gasteiger partial charge >= 0.3 is 0 Å². The lowest BCUT2D eigenvalue weighted by Crippen LogP contribution is -1.97. The van der Waals surface area contributed by atoms with Crippen LogP contribution in [0.25, 0.3) is 0 Å². The Labute approximate surface area is 83.2 Å². The van der Waals surface area contributed by atoms with Crippen LogP contribution >= 0.6 is 15.9 Å². The normalized spacial score (nSPS) is 19.7. The average Bonchev–Trinajstić information content (AvgIpc) is 2.05. The molecule has 0 radical (unpaired) electrons. The van der Waals surface area contributed by atoms with Crippen LogP contribution in [0.5, 0.6) is 0 Å². The monoisotopic (exact) mass is 226 g/mol. The molecule has 1 heteroatoms. The third-order valence-corrected chi connectivity index (χ3v) is 3.04. The topological polar surface area (TPSA) is 0 Å². The first-order valence-electron chi connectivity index (χ1n) is 4.43. The van der Waals surface area contributed by atoms with Crippen molar-refractivity contribution in [1.82, 2.24) is 0 Å². The highest BCUT2D eigenvalue weighted by atomic mass is 79.9. The summed E-state index contributed by atoms with van der Waals surface area (Å²) < 4.78 is 1.22. The van der Waals surface area contributed by atoms with Crippen LogP contribution in [0.2, 0.25) is 0 Å². The highest BCUT2D eigenvalue weighted by Crippen LogP contribution is 2.32. The molecule has 0 unspecified atom stereocenters. The van der Waals surface area contributed by atoms with Gasteiger partial charge in [0, 0.05) is 4.48 Å². The maximum Gasteiger partial charge on any atom is 0.0206 e. The molecule has 0 aromatic rings. The van der Waals surface area contributed by atoms with Crippen LogP contribution in [0.1, 0.15) is 32.6 Å². The zero-order valence-corrected chi connectivity index (χ0v) is 9.15. The Kier molecular flexibility index (Phi) is 3.80. The van der Waals surface area contributed by atoms with Gasteiger partial charge in [-0.15, -0.1) is 0 Å². The number of halogens is 1. The van der Waals surface area contributed by atoms with Gasteiger partial charge in [0.25, 0.3) is 0 Å². The van der Waals surface area contributed by atoms with Gasteiger partial charge in [-0.3, -0.25) is 0 Å². The van der Waals surface area contributed by atoms with Crippen LogP contribution in [0.3, 0.4) is 0 Å². The first-order valence-corrected chi connectivity index (χ1v) is 5.22. The zero-order valence-electron chi connectivity index (χ0n) is 7.57. The van der Waals surface area contributed by atoms with Crippen molar-refractivity contribution in [3.8, 4) is 0 Å². The molecule has 0 amide bonds. The fraction of sp³-hybridized carbons (Fsp3) is 0.455. The minimum Gasteiger partial charge on any atom is -0.0990 e. The molecule has 0 heterocycles. The summed E-state index contributed by atoms with van der Waals surface area (Å²) in [5.41, 5.74) is 3.02. The van der Waals surface area contributed by atoms with E-state index in [0.29, 0.717) is 0 Å². The Hall–Kier alpha value is -0.300.